The van der Waals surface area contributed by atoms with Gasteiger partial charge in [-0.15, -0.1) is 0 Å². The number of rotatable bonds is 2. The summed E-state index contributed by atoms with van der Waals surface area (Å²) in [5.41, 5.74) is -0.119. The van der Waals surface area contributed by atoms with Crippen LogP contribution in [0.4, 0.5) is 4.39 Å². The minimum Gasteiger partial charge on any atom is -0.427 e. The molecule has 0 spiro atoms. The van der Waals surface area contributed by atoms with Crippen molar-refractivity contribution in [3.05, 3.63) is 47.5 Å². The van der Waals surface area contributed by atoms with Crippen LogP contribution in [0.25, 0.3) is 0 Å². The van der Waals surface area contributed by atoms with E-state index in [-0.39, 0.29) is 11.3 Å². The average molecular weight is 234 g/mol. The third kappa shape index (κ3) is 2.78. The Balaban J connectivity index is 2.12. The fourth-order valence-corrected chi connectivity index (χ4v) is 1.64. The van der Waals surface area contributed by atoms with Gasteiger partial charge in [-0.2, -0.15) is 0 Å². The number of ether oxygens (including phenoxy) is 1. The first-order valence-corrected chi connectivity index (χ1v) is 5.37. The average Bonchev–Trinajstić information content (AvgIpc) is 2.29. The Kier molecular flexibility index (Phi) is 3.32. The second-order valence-corrected chi connectivity index (χ2v) is 3.80. The summed E-state index contributed by atoms with van der Waals surface area (Å²) in [5, 5.41) is 0. The molecule has 2 rings (SSSR count). The molecule has 0 radical (unpaired) electrons. The number of benzene rings is 1. The maximum atomic E-state index is 13.3. The molecule has 88 valence electrons. The number of halogens is 1. The summed E-state index contributed by atoms with van der Waals surface area (Å²) in [6.45, 7) is 0. The Morgan fingerprint density at radius 2 is 2.00 bits per heavy atom. The Morgan fingerprint density at radius 3 is 2.71 bits per heavy atom. The summed E-state index contributed by atoms with van der Waals surface area (Å²) in [6, 6.07) is 5.59. The van der Waals surface area contributed by atoms with Crippen LogP contribution in [0, 0.1) is 5.82 Å². The van der Waals surface area contributed by atoms with Gasteiger partial charge in [-0.1, -0.05) is 12.1 Å². The molecule has 0 atom stereocenters. The molecule has 0 N–H and O–H groups in total. The lowest BCUT2D eigenvalue weighted by molar-refractivity contribution is -0.115. The highest BCUT2D eigenvalue weighted by molar-refractivity contribution is 5.93. The van der Waals surface area contributed by atoms with Crippen LogP contribution >= 0.6 is 0 Å². The lowest BCUT2D eigenvalue weighted by Crippen LogP contribution is -2.11. The second kappa shape index (κ2) is 4.91. The van der Waals surface area contributed by atoms with E-state index in [1.165, 1.54) is 24.3 Å². The lowest BCUT2D eigenvalue weighted by atomic mass is 10.1. The quantitative estimate of drug-likeness (QED) is 0.739. The number of ketones is 1. The molecule has 0 fully saturated rings. The largest absolute Gasteiger partial charge is 0.427 e. The van der Waals surface area contributed by atoms with Gasteiger partial charge in [0.15, 0.2) is 5.78 Å². The third-order valence-electron chi connectivity index (χ3n) is 2.49. The second-order valence-electron chi connectivity index (χ2n) is 3.80. The van der Waals surface area contributed by atoms with E-state index in [0.717, 1.165) is 0 Å². The van der Waals surface area contributed by atoms with E-state index in [4.69, 9.17) is 4.74 Å². The molecule has 1 aliphatic carbocycles. The first-order chi connectivity index (χ1) is 8.16. The molecule has 0 heterocycles. The highest BCUT2D eigenvalue weighted by atomic mass is 19.1. The van der Waals surface area contributed by atoms with E-state index < -0.39 is 11.8 Å². The summed E-state index contributed by atoms with van der Waals surface area (Å²) in [7, 11) is 0. The zero-order valence-electron chi connectivity index (χ0n) is 9.11. The van der Waals surface area contributed by atoms with Gasteiger partial charge in [-0.25, -0.2) is 9.18 Å². The zero-order valence-corrected chi connectivity index (χ0v) is 9.11. The number of hydrogen-bond acceptors (Lipinski definition) is 3. The van der Waals surface area contributed by atoms with Crippen molar-refractivity contribution in [2.24, 2.45) is 0 Å². The topological polar surface area (TPSA) is 43.4 Å². The van der Waals surface area contributed by atoms with Crippen LogP contribution in [0.2, 0.25) is 0 Å². The van der Waals surface area contributed by atoms with Gasteiger partial charge in [0.25, 0.3) is 0 Å². The summed E-state index contributed by atoms with van der Waals surface area (Å²) >= 11 is 0. The number of carbonyl (C=O) groups is 2. The van der Waals surface area contributed by atoms with E-state index in [1.54, 1.807) is 6.07 Å². The molecule has 3 nitrogen and oxygen atoms in total. The standard InChI is InChI=1S/C13H11FO3/c14-12-7-2-1-6-11(12)13(16)17-10-5-3-4-9(15)8-10/h1-2,6-8H,3-5H2. The van der Waals surface area contributed by atoms with Crippen molar-refractivity contribution in [1.29, 1.82) is 0 Å². The van der Waals surface area contributed by atoms with Crippen LogP contribution in [-0.2, 0) is 9.53 Å². The molecule has 1 aliphatic rings. The fraction of sp³-hybridized carbons (Fsp3) is 0.231. The molecular formula is C13H11FO3. The van der Waals surface area contributed by atoms with Crippen LogP contribution in [-0.4, -0.2) is 11.8 Å². The van der Waals surface area contributed by atoms with Crippen molar-refractivity contribution in [3.63, 3.8) is 0 Å². The van der Waals surface area contributed by atoms with E-state index >= 15 is 0 Å². The predicted molar refractivity (Wildman–Crippen MR) is 58.8 cm³/mol. The van der Waals surface area contributed by atoms with Crippen LogP contribution < -0.4 is 0 Å². The van der Waals surface area contributed by atoms with Crippen molar-refractivity contribution >= 4 is 11.8 Å². The molecule has 0 unspecified atom stereocenters. The molecule has 1 aromatic rings. The predicted octanol–water partition coefficient (Wildman–Crippen LogP) is 2.62. The Hall–Kier alpha value is -1.97. The Bertz CT molecular complexity index is 491. The highest BCUT2D eigenvalue weighted by Gasteiger charge is 2.17. The van der Waals surface area contributed by atoms with Gasteiger partial charge in [0.2, 0.25) is 0 Å². The van der Waals surface area contributed by atoms with Gasteiger partial charge >= 0.3 is 5.97 Å². The van der Waals surface area contributed by atoms with Crippen LogP contribution in [0.15, 0.2) is 36.1 Å². The van der Waals surface area contributed by atoms with Crippen molar-refractivity contribution in [2.45, 2.75) is 19.3 Å². The first kappa shape index (κ1) is 11.5. The summed E-state index contributed by atoms with van der Waals surface area (Å²) in [6.07, 6.45) is 2.98. The molecule has 17 heavy (non-hydrogen) atoms. The first-order valence-electron chi connectivity index (χ1n) is 5.37. The van der Waals surface area contributed by atoms with E-state index in [9.17, 15) is 14.0 Å². The Morgan fingerprint density at radius 1 is 1.24 bits per heavy atom. The van der Waals surface area contributed by atoms with E-state index in [1.807, 2.05) is 0 Å². The summed E-state index contributed by atoms with van der Waals surface area (Å²) < 4.78 is 18.3. The van der Waals surface area contributed by atoms with E-state index in [0.29, 0.717) is 25.0 Å². The smallest absolute Gasteiger partial charge is 0.346 e. The van der Waals surface area contributed by atoms with Crippen molar-refractivity contribution < 1.29 is 18.7 Å². The van der Waals surface area contributed by atoms with Gasteiger partial charge < -0.3 is 4.74 Å². The summed E-state index contributed by atoms with van der Waals surface area (Å²) in [5.74, 6) is -1.13. The third-order valence-corrected chi connectivity index (χ3v) is 2.49. The SMILES string of the molecule is O=C1C=C(OC(=O)c2ccccc2F)CCC1. The van der Waals surface area contributed by atoms with Crippen LogP contribution in [0.5, 0.6) is 0 Å². The maximum Gasteiger partial charge on any atom is 0.346 e. The summed E-state index contributed by atoms with van der Waals surface area (Å²) in [4.78, 5) is 22.7. The minimum atomic E-state index is -0.760. The van der Waals surface area contributed by atoms with Crippen LogP contribution in [0.1, 0.15) is 29.6 Å². The number of hydrogen-bond donors (Lipinski definition) is 0. The normalized spacial score (nSPS) is 15.4. The van der Waals surface area contributed by atoms with Gasteiger partial charge in [0.05, 0.1) is 5.56 Å². The lowest BCUT2D eigenvalue weighted by Gasteiger charge is -2.12. The van der Waals surface area contributed by atoms with Gasteiger partial charge in [0.1, 0.15) is 11.6 Å². The van der Waals surface area contributed by atoms with Gasteiger partial charge in [0, 0.05) is 18.9 Å². The molecule has 0 amide bonds. The van der Waals surface area contributed by atoms with Gasteiger partial charge in [-0.05, 0) is 18.6 Å². The van der Waals surface area contributed by atoms with Crippen molar-refractivity contribution in [1.82, 2.24) is 0 Å². The monoisotopic (exact) mass is 234 g/mol. The van der Waals surface area contributed by atoms with Crippen molar-refractivity contribution in [3.8, 4) is 0 Å². The van der Waals surface area contributed by atoms with Crippen LogP contribution in [0.3, 0.4) is 0 Å². The number of esters is 1. The number of carbonyl (C=O) groups excluding carboxylic acids is 2. The highest BCUT2D eigenvalue weighted by Crippen LogP contribution is 2.18. The number of allylic oxidation sites excluding steroid dienone is 2. The molecule has 0 aromatic heterocycles. The molecule has 0 saturated carbocycles. The fourth-order valence-electron chi connectivity index (χ4n) is 1.64. The van der Waals surface area contributed by atoms with E-state index in [2.05, 4.69) is 0 Å². The molecular weight excluding hydrogens is 223 g/mol. The maximum absolute atomic E-state index is 13.3. The van der Waals surface area contributed by atoms with Crippen molar-refractivity contribution in [2.75, 3.05) is 0 Å². The molecule has 0 aliphatic heterocycles. The van der Waals surface area contributed by atoms with Gasteiger partial charge in [-0.3, -0.25) is 4.79 Å². The minimum absolute atomic E-state index is 0.0624. The molecule has 0 bridgehead atoms. The molecule has 4 heteroatoms. The zero-order chi connectivity index (χ0) is 12.3. The molecule has 1 aromatic carbocycles. The molecule has 0 saturated heterocycles. The Labute approximate surface area is 97.9 Å².